The highest BCUT2D eigenvalue weighted by molar-refractivity contribution is 6.33. The molecule has 0 aromatic rings. The van der Waals surface area contributed by atoms with Gasteiger partial charge < -0.3 is 4.74 Å². The summed E-state index contributed by atoms with van der Waals surface area (Å²) in [6, 6.07) is 0. The fourth-order valence-corrected chi connectivity index (χ4v) is 1.92. The molecule has 1 heterocycles. The van der Waals surface area contributed by atoms with Crippen LogP contribution in [0.2, 0.25) is 0 Å². The minimum atomic E-state index is -0.210. The SMILES string of the molecule is CCCCC1OC(=O)C(CCC)=C1Cl. The van der Waals surface area contributed by atoms with E-state index >= 15 is 0 Å². The van der Waals surface area contributed by atoms with E-state index in [1.165, 1.54) is 0 Å². The fraction of sp³-hybridized carbons (Fsp3) is 0.727. The number of hydrogen-bond donors (Lipinski definition) is 0. The molecule has 3 heteroatoms. The molecule has 0 fully saturated rings. The zero-order chi connectivity index (χ0) is 10.6. The molecule has 0 saturated carbocycles. The van der Waals surface area contributed by atoms with Crippen LogP contribution in [0.25, 0.3) is 0 Å². The third-order valence-electron chi connectivity index (χ3n) is 2.39. The summed E-state index contributed by atoms with van der Waals surface area (Å²) < 4.78 is 5.20. The largest absolute Gasteiger partial charge is 0.453 e. The summed E-state index contributed by atoms with van der Waals surface area (Å²) in [5, 5.41) is 0.644. The van der Waals surface area contributed by atoms with E-state index in [4.69, 9.17) is 16.3 Å². The Morgan fingerprint density at radius 3 is 2.64 bits per heavy atom. The van der Waals surface area contributed by atoms with Gasteiger partial charge in [-0.3, -0.25) is 0 Å². The number of hydrogen-bond acceptors (Lipinski definition) is 2. The summed E-state index contributed by atoms with van der Waals surface area (Å²) in [5.74, 6) is -0.210. The summed E-state index contributed by atoms with van der Waals surface area (Å²) in [4.78, 5) is 11.4. The van der Waals surface area contributed by atoms with Gasteiger partial charge in [-0.2, -0.15) is 0 Å². The fourth-order valence-electron chi connectivity index (χ4n) is 1.59. The third-order valence-corrected chi connectivity index (χ3v) is 2.86. The van der Waals surface area contributed by atoms with Crippen molar-refractivity contribution in [2.45, 2.75) is 52.1 Å². The van der Waals surface area contributed by atoms with Gasteiger partial charge in [0.05, 0.1) is 10.6 Å². The predicted octanol–water partition coefficient (Wildman–Crippen LogP) is 3.40. The van der Waals surface area contributed by atoms with Crippen LogP contribution in [-0.4, -0.2) is 12.1 Å². The zero-order valence-electron chi connectivity index (χ0n) is 8.81. The van der Waals surface area contributed by atoms with E-state index in [9.17, 15) is 4.79 Å². The summed E-state index contributed by atoms with van der Waals surface area (Å²) in [6.45, 7) is 4.14. The molecular formula is C11H17ClO2. The average Bonchev–Trinajstić information content (AvgIpc) is 2.43. The van der Waals surface area contributed by atoms with Gasteiger partial charge in [0, 0.05) is 0 Å². The van der Waals surface area contributed by atoms with Crippen molar-refractivity contribution in [3.63, 3.8) is 0 Å². The lowest BCUT2D eigenvalue weighted by atomic mass is 10.1. The van der Waals surface area contributed by atoms with E-state index in [-0.39, 0.29) is 12.1 Å². The first-order valence-electron chi connectivity index (χ1n) is 5.30. The summed E-state index contributed by atoms with van der Waals surface area (Å²) in [6.07, 6.45) is 4.51. The number of esters is 1. The molecule has 0 radical (unpaired) electrons. The number of rotatable bonds is 5. The standard InChI is InChI=1S/C11H17ClO2/c1-3-5-7-9-10(12)8(6-4-2)11(13)14-9/h9H,3-7H2,1-2H3. The van der Waals surface area contributed by atoms with Gasteiger partial charge in [0.1, 0.15) is 6.10 Å². The smallest absolute Gasteiger partial charge is 0.335 e. The molecule has 0 spiro atoms. The minimum absolute atomic E-state index is 0.161. The quantitative estimate of drug-likeness (QED) is 0.659. The summed E-state index contributed by atoms with van der Waals surface area (Å²) >= 11 is 6.09. The van der Waals surface area contributed by atoms with Gasteiger partial charge in [-0.05, 0) is 19.3 Å². The Bertz CT molecular complexity index is 246. The Balaban J connectivity index is 2.61. The van der Waals surface area contributed by atoms with Crippen LogP contribution in [0.3, 0.4) is 0 Å². The number of halogens is 1. The van der Waals surface area contributed by atoms with Gasteiger partial charge in [-0.25, -0.2) is 4.79 Å². The van der Waals surface area contributed by atoms with Gasteiger partial charge >= 0.3 is 5.97 Å². The van der Waals surface area contributed by atoms with Crippen LogP contribution in [0.5, 0.6) is 0 Å². The molecular weight excluding hydrogens is 200 g/mol. The second-order valence-electron chi connectivity index (χ2n) is 3.61. The highest BCUT2D eigenvalue weighted by Crippen LogP contribution is 2.31. The minimum Gasteiger partial charge on any atom is -0.453 e. The average molecular weight is 217 g/mol. The van der Waals surface area contributed by atoms with Crippen molar-refractivity contribution < 1.29 is 9.53 Å². The van der Waals surface area contributed by atoms with Crippen LogP contribution in [0, 0.1) is 0 Å². The van der Waals surface area contributed by atoms with Crippen molar-refractivity contribution in [1.82, 2.24) is 0 Å². The molecule has 14 heavy (non-hydrogen) atoms. The van der Waals surface area contributed by atoms with E-state index in [1.807, 2.05) is 6.92 Å². The second-order valence-corrected chi connectivity index (χ2v) is 4.02. The molecule has 0 N–H and O–H groups in total. The maximum absolute atomic E-state index is 11.4. The summed E-state index contributed by atoms with van der Waals surface area (Å²) in [7, 11) is 0. The molecule has 1 atom stereocenters. The third kappa shape index (κ3) is 2.50. The Morgan fingerprint density at radius 2 is 2.07 bits per heavy atom. The van der Waals surface area contributed by atoms with Gasteiger partial charge in [-0.15, -0.1) is 0 Å². The molecule has 1 rings (SSSR count). The Hall–Kier alpha value is -0.500. The van der Waals surface area contributed by atoms with E-state index in [2.05, 4.69) is 6.92 Å². The van der Waals surface area contributed by atoms with E-state index in [0.717, 1.165) is 32.1 Å². The molecule has 1 aliphatic heterocycles. The van der Waals surface area contributed by atoms with Crippen LogP contribution in [0.1, 0.15) is 46.0 Å². The highest BCUT2D eigenvalue weighted by Gasteiger charge is 2.31. The molecule has 1 aliphatic rings. The first-order chi connectivity index (χ1) is 6.70. The van der Waals surface area contributed by atoms with Crippen LogP contribution < -0.4 is 0 Å². The molecule has 2 nitrogen and oxygen atoms in total. The number of carbonyl (C=O) groups is 1. The van der Waals surface area contributed by atoms with Crippen molar-refractivity contribution in [3.8, 4) is 0 Å². The van der Waals surface area contributed by atoms with Crippen LogP contribution in [0.15, 0.2) is 10.6 Å². The Morgan fingerprint density at radius 1 is 1.36 bits per heavy atom. The number of unbranched alkanes of at least 4 members (excludes halogenated alkanes) is 1. The molecule has 1 unspecified atom stereocenters. The normalized spacial score (nSPS) is 21.6. The van der Waals surface area contributed by atoms with Crippen molar-refractivity contribution in [2.24, 2.45) is 0 Å². The molecule has 0 saturated heterocycles. The highest BCUT2D eigenvalue weighted by atomic mass is 35.5. The maximum atomic E-state index is 11.4. The van der Waals surface area contributed by atoms with E-state index < -0.39 is 0 Å². The lowest BCUT2D eigenvalue weighted by molar-refractivity contribution is -0.140. The van der Waals surface area contributed by atoms with Crippen molar-refractivity contribution in [1.29, 1.82) is 0 Å². The maximum Gasteiger partial charge on any atom is 0.335 e. The zero-order valence-corrected chi connectivity index (χ0v) is 9.56. The van der Waals surface area contributed by atoms with E-state index in [0.29, 0.717) is 10.6 Å². The van der Waals surface area contributed by atoms with Crippen LogP contribution in [0.4, 0.5) is 0 Å². The Labute approximate surface area is 90.3 Å². The lowest BCUT2D eigenvalue weighted by Crippen LogP contribution is -2.09. The number of carbonyl (C=O) groups excluding carboxylic acids is 1. The molecule has 80 valence electrons. The second kappa shape index (κ2) is 5.40. The number of ether oxygens (including phenoxy) is 1. The van der Waals surface area contributed by atoms with Gasteiger partial charge in [0.15, 0.2) is 0 Å². The van der Waals surface area contributed by atoms with Crippen molar-refractivity contribution in [2.75, 3.05) is 0 Å². The summed E-state index contributed by atoms with van der Waals surface area (Å²) in [5.41, 5.74) is 0.690. The van der Waals surface area contributed by atoms with Crippen LogP contribution in [-0.2, 0) is 9.53 Å². The van der Waals surface area contributed by atoms with Crippen molar-refractivity contribution >= 4 is 17.6 Å². The van der Waals surface area contributed by atoms with Crippen molar-refractivity contribution in [3.05, 3.63) is 10.6 Å². The van der Waals surface area contributed by atoms with Gasteiger partial charge in [0.25, 0.3) is 0 Å². The van der Waals surface area contributed by atoms with Gasteiger partial charge in [-0.1, -0.05) is 38.3 Å². The molecule has 0 bridgehead atoms. The molecule has 0 aliphatic carbocycles. The molecule has 0 amide bonds. The predicted molar refractivity (Wildman–Crippen MR) is 57.2 cm³/mol. The molecule has 0 aromatic heterocycles. The monoisotopic (exact) mass is 216 g/mol. The topological polar surface area (TPSA) is 26.3 Å². The lowest BCUT2D eigenvalue weighted by Gasteiger charge is -2.08. The van der Waals surface area contributed by atoms with E-state index in [1.54, 1.807) is 0 Å². The number of cyclic esters (lactones) is 1. The first kappa shape index (κ1) is 11.6. The Kier molecular flexibility index (Phi) is 4.46. The molecule has 0 aromatic carbocycles. The van der Waals surface area contributed by atoms with Gasteiger partial charge in [0.2, 0.25) is 0 Å². The van der Waals surface area contributed by atoms with Crippen LogP contribution >= 0.6 is 11.6 Å². The first-order valence-corrected chi connectivity index (χ1v) is 5.68.